The smallest absolute Gasteiger partial charge is 0.294 e. The summed E-state index contributed by atoms with van der Waals surface area (Å²) in [4.78, 5) is 38.2. The van der Waals surface area contributed by atoms with E-state index < -0.39 is 17.1 Å². The number of nitrogens with zero attached hydrogens (tertiary/aromatic N) is 1. The second-order valence-electron chi connectivity index (χ2n) is 6.13. The quantitative estimate of drug-likeness (QED) is 0.704. The van der Waals surface area contributed by atoms with E-state index in [0.717, 1.165) is 27.8 Å². The molecular formula is C21H17ClN2O3S. The Bertz CT molecular complexity index is 986. The van der Waals surface area contributed by atoms with Crippen molar-refractivity contribution in [1.29, 1.82) is 0 Å². The van der Waals surface area contributed by atoms with Crippen LogP contribution in [0.2, 0.25) is 5.02 Å². The molecule has 0 aromatic heterocycles. The molecule has 2 aromatic rings. The minimum absolute atomic E-state index is 0.297. The maximum atomic E-state index is 12.5. The zero-order valence-electron chi connectivity index (χ0n) is 15.0. The lowest BCUT2D eigenvalue weighted by atomic mass is 10.1. The van der Waals surface area contributed by atoms with Crippen LogP contribution in [0.3, 0.4) is 0 Å². The minimum atomic E-state index is -0.475. The average molecular weight is 413 g/mol. The number of thioether (sulfide) groups is 1. The van der Waals surface area contributed by atoms with Crippen molar-refractivity contribution in [1.82, 2.24) is 4.90 Å². The summed E-state index contributed by atoms with van der Waals surface area (Å²) in [6.45, 7) is 1.50. The third-order valence-electron chi connectivity index (χ3n) is 3.84. The Morgan fingerprint density at radius 1 is 1.14 bits per heavy atom. The molecule has 2 aromatic carbocycles. The van der Waals surface area contributed by atoms with Crippen LogP contribution in [0.5, 0.6) is 0 Å². The molecule has 1 fully saturated rings. The van der Waals surface area contributed by atoms with Crippen LogP contribution in [-0.2, 0) is 9.59 Å². The third kappa shape index (κ3) is 5.12. The number of amides is 3. The predicted octanol–water partition coefficient (Wildman–Crippen LogP) is 4.96. The highest BCUT2D eigenvalue weighted by Gasteiger charge is 2.36. The molecule has 3 amide bonds. The lowest BCUT2D eigenvalue weighted by Gasteiger charge is -2.12. The van der Waals surface area contributed by atoms with Crippen LogP contribution in [0, 0.1) is 0 Å². The number of carbonyl (C=O) groups excluding carboxylic acids is 3. The van der Waals surface area contributed by atoms with Gasteiger partial charge in [-0.2, -0.15) is 0 Å². The van der Waals surface area contributed by atoms with Crippen LogP contribution in [0.4, 0.5) is 10.5 Å². The van der Waals surface area contributed by atoms with Gasteiger partial charge in [0.05, 0.1) is 4.91 Å². The molecule has 5 nitrogen and oxygen atoms in total. The van der Waals surface area contributed by atoms with Gasteiger partial charge in [-0.15, -0.1) is 0 Å². The first kappa shape index (κ1) is 19.9. The Hall–Kier alpha value is -2.83. The van der Waals surface area contributed by atoms with E-state index in [-0.39, 0.29) is 6.54 Å². The number of allylic oxidation sites excluding steroid dienone is 2. The lowest BCUT2D eigenvalue weighted by molar-refractivity contribution is -0.127. The van der Waals surface area contributed by atoms with Crippen molar-refractivity contribution < 1.29 is 14.4 Å². The van der Waals surface area contributed by atoms with Gasteiger partial charge in [0.1, 0.15) is 6.54 Å². The van der Waals surface area contributed by atoms with Gasteiger partial charge in [0, 0.05) is 10.7 Å². The van der Waals surface area contributed by atoms with Crippen molar-refractivity contribution >= 4 is 52.2 Å². The largest absolute Gasteiger partial charge is 0.324 e. The second-order valence-corrected chi connectivity index (χ2v) is 7.56. The summed E-state index contributed by atoms with van der Waals surface area (Å²) in [5.41, 5.74) is 2.33. The molecule has 142 valence electrons. The van der Waals surface area contributed by atoms with Crippen LogP contribution in [-0.4, -0.2) is 28.5 Å². The van der Waals surface area contributed by atoms with Crippen molar-refractivity contribution in [2.75, 3.05) is 11.9 Å². The average Bonchev–Trinajstić information content (AvgIpc) is 2.90. The summed E-state index contributed by atoms with van der Waals surface area (Å²) in [7, 11) is 0. The van der Waals surface area contributed by atoms with E-state index >= 15 is 0 Å². The van der Waals surface area contributed by atoms with E-state index in [1.54, 1.807) is 30.3 Å². The summed E-state index contributed by atoms with van der Waals surface area (Å²) >= 11 is 6.71. The van der Waals surface area contributed by atoms with Crippen LogP contribution < -0.4 is 5.32 Å². The predicted molar refractivity (Wildman–Crippen MR) is 113 cm³/mol. The summed E-state index contributed by atoms with van der Waals surface area (Å²) in [6, 6.07) is 16.3. The van der Waals surface area contributed by atoms with Crippen LogP contribution in [0.15, 0.2) is 71.2 Å². The zero-order chi connectivity index (χ0) is 20.1. The first-order valence-corrected chi connectivity index (χ1v) is 9.66. The minimum Gasteiger partial charge on any atom is -0.324 e. The molecule has 1 aliphatic heterocycles. The Morgan fingerprint density at radius 3 is 2.61 bits per heavy atom. The van der Waals surface area contributed by atoms with E-state index in [4.69, 9.17) is 11.6 Å². The third-order valence-corrected chi connectivity index (χ3v) is 4.98. The van der Waals surface area contributed by atoms with E-state index in [0.29, 0.717) is 15.6 Å². The first-order valence-electron chi connectivity index (χ1n) is 8.46. The molecule has 28 heavy (non-hydrogen) atoms. The Kier molecular flexibility index (Phi) is 6.34. The number of halogens is 1. The first-order chi connectivity index (χ1) is 13.4. The van der Waals surface area contributed by atoms with E-state index in [9.17, 15) is 14.4 Å². The molecule has 0 aliphatic carbocycles. The summed E-state index contributed by atoms with van der Waals surface area (Å²) in [5, 5.41) is 2.64. The van der Waals surface area contributed by atoms with Crippen molar-refractivity contribution in [3.63, 3.8) is 0 Å². The van der Waals surface area contributed by atoms with Crippen LogP contribution in [0.25, 0.3) is 6.08 Å². The molecule has 3 rings (SSSR count). The Balaban J connectivity index is 1.67. The van der Waals surface area contributed by atoms with Gasteiger partial charge < -0.3 is 5.32 Å². The van der Waals surface area contributed by atoms with E-state index in [1.165, 1.54) is 0 Å². The normalized spacial score (nSPS) is 16.0. The number of imide groups is 1. The van der Waals surface area contributed by atoms with Gasteiger partial charge in [0.2, 0.25) is 5.91 Å². The molecule has 0 radical (unpaired) electrons. The fraction of sp³-hybridized carbons (Fsp3) is 0.0952. The fourth-order valence-corrected chi connectivity index (χ4v) is 3.69. The fourth-order valence-electron chi connectivity index (χ4n) is 2.61. The number of hydrogen-bond donors (Lipinski definition) is 1. The molecule has 1 aliphatic rings. The number of anilines is 1. The molecule has 0 spiro atoms. The lowest BCUT2D eigenvalue weighted by Crippen LogP contribution is -2.36. The maximum absolute atomic E-state index is 12.5. The number of rotatable bonds is 5. The van der Waals surface area contributed by atoms with E-state index in [2.05, 4.69) is 5.32 Å². The standard InChI is InChI=1S/C21H17ClN2O3S/c1-14(10-15-6-3-2-4-7-15)11-18-20(26)24(21(27)28-18)13-19(25)23-17-9-5-8-16(22)12-17/h2-12H,13H2,1H3,(H,23,25)/b14-10+,18-11+. The maximum Gasteiger partial charge on any atom is 0.294 e. The summed E-state index contributed by atoms with van der Waals surface area (Å²) in [5.74, 6) is -0.945. The molecule has 7 heteroatoms. The number of hydrogen-bond acceptors (Lipinski definition) is 4. The molecule has 0 bridgehead atoms. The summed E-state index contributed by atoms with van der Waals surface area (Å²) in [6.07, 6.45) is 3.58. The topological polar surface area (TPSA) is 66.5 Å². The summed E-state index contributed by atoms with van der Waals surface area (Å²) < 4.78 is 0. The number of nitrogens with one attached hydrogen (secondary N) is 1. The second kappa shape index (κ2) is 8.91. The zero-order valence-corrected chi connectivity index (χ0v) is 16.6. The number of benzene rings is 2. The van der Waals surface area contributed by atoms with E-state index in [1.807, 2.05) is 43.3 Å². The van der Waals surface area contributed by atoms with Gasteiger partial charge in [-0.3, -0.25) is 19.3 Å². The molecular weight excluding hydrogens is 396 g/mol. The molecule has 0 unspecified atom stereocenters. The highest BCUT2D eigenvalue weighted by Crippen LogP contribution is 2.31. The van der Waals surface area contributed by atoms with Gasteiger partial charge in [-0.25, -0.2) is 0 Å². The molecule has 1 heterocycles. The van der Waals surface area contributed by atoms with Crippen molar-refractivity contribution in [3.05, 3.63) is 81.7 Å². The molecule has 1 saturated heterocycles. The van der Waals surface area contributed by atoms with Crippen LogP contribution >= 0.6 is 23.4 Å². The Labute approximate surface area is 172 Å². The van der Waals surface area contributed by atoms with Crippen molar-refractivity contribution in [2.24, 2.45) is 0 Å². The monoisotopic (exact) mass is 412 g/mol. The Morgan fingerprint density at radius 2 is 1.89 bits per heavy atom. The van der Waals surface area contributed by atoms with Gasteiger partial charge in [-0.05, 0) is 54.1 Å². The molecule has 1 N–H and O–H groups in total. The van der Waals surface area contributed by atoms with Gasteiger partial charge in [-0.1, -0.05) is 54.1 Å². The van der Waals surface area contributed by atoms with Gasteiger partial charge in [0.15, 0.2) is 0 Å². The van der Waals surface area contributed by atoms with Gasteiger partial charge in [0.25, 0.3) is 11.1 Å². The van der Waals surface area contributed by atoms with Crippen LogP contribution in [0.1, 0.15) is 12.5 Å². The SMILES string of the molecule is CC(=C\c1ccccc1)/C=C1/SC(=O)N(CC(=O)Nc2cccc(Cl)c2)C1=O. The van der Waals surface area contributed by atoms with Crippen molar-refractivity contribution in [2.45, 2.75) is 6.92 Å². The molecule has 0 atom stereocenters. The highest BCUT2D eigenvalue weighted by molar-refractivity contribution is 8.18. The highest BCUT2D eigenvalue weighted by atomic mass is 35.5. The van der Waals surface area contributed by atoms with Gasteiger partial charge >= 0.3 is 0 Å². The van der Waals surface area contributed by atoms with Crippen molar-refractivity contribution in [3.8, 4) is 0 Å². The number of carbonyl (C=O) groups is 3. The molecule has 0 saturated carbocycles.